The van der Waals surface area contributed by atoms with Crippen LogP contribution in [0.3, 0.4) is 0 Å². The number of ether oxygens (including phenoxy) is 2. The van der Waals surface area contributed by atoms with E-state index in [0.717, 1.165) is 10.5 Å². The summed E-state index contributed by atoms with van der Waals surface area (Å²) in [6.45, 7) is 0.829. The lowest BCUT2D eigenvalue weighted by atomic mass is 9.98. The van der Waals surface area contributed by atoms with Gasteiger partial charge in [-0.25, -0.2) is 0 Å². The fraction of sp³-hybridized carbons (Fsp3) is 0.526. The van der Waals surface area contributed by atoms with Crippen molar-refractivity contribution in [2.75, 3.05) is 25.9 Å². The first-order valence-electron chi connectivity index (χ1n) is 9.25. The Kier molecular flexibility index (Phi) is 6.85. The number of thioether (sulfide) groups is 1. The monoisotopic (exact) mass is 426 g/mol. The van der Waals surface area contributed by atoms with Crippen molar-refractivity contribution in [2.45, 2.75) is 42.8 Å². The van der Waals surface area contributed by atoms with E-state index in [9.17, 15) is 14.4 Å². The fourth-order valence-electron chi connectivity index (χ4n) is 3.33. The van der Waals surface area contributed by atoms with Crippen molar-refractivity contribution in [1.82, 2.24) is 10.6 Å². The number of fused-ring (bicyclic) bond motifs is 2. The third-order valence-corrected chi connectivity index (χ3v) is 6.37. The van der Waals surface area contributed by atoms with Crippen molar-refractivity contribution in [3.8, 4) is 0 Å². The summed E-state index contributed by atoms with van der Waals surface area (Å²) in [7, 11) is 1.62. The maximum absolute atomic E-state index is 12.1. The molecule has 0 unspecified atom stereocenters. The summed E-state index contributed by atoms with van der Waals surface area (Å²) in [5, 5.41) is 6.40. The van der Waals surface area contributed by atoms with Crippen molar-refractivity contribution < 1.29 is 23.9 Å². The van der Waals surface area contributed by atoms with Gasteiger partial charge in [-0.1, -0.05) is 11.6 Å². The summed E-state index contributed by atoms with van der Waals surface area (Å²) in [5.41, 5.74) is 1.56. The molecular formula is C19H23ClN2O5S. The van der Waals surface area contributed by atoms with Gasteiger partial charge in [0.1, 0.15) is 0 Å². The average Bonchev–Trinajstić information content (AvgIpc) is 2.93. The third kappa shape index (κ3) is 4.61. The van der Waals surface area contributed by atoms with Crippen LogP contribution in [0, 0.1) is 0 Å². The average molecular weight is 427 g/mol. The Bertz CT molecular complexity index is 768. The van der Waals surface area contributed by atoms with Crippen molar-refractivity contribution in [3.05, 3.63) is 28.3 Å². The molecule has 0 bridgehead atoms. The Morgan fingerprint density at radius 3 is 2.64 bits per heavy atom. The van der Waals surface area contributed by atoms with E-state index in [4.69, 9.17) is 21.1 Å². The Hall–Kier alpha value is -1.77. The highest BCUT2D eigenvalue weighted by Crippen LogP contribution is 2.41. The minimum absolute atomic E-state index is 0.000907. The van der Waals surface area contributed by atoms with E-state index in [1.54, 1.807) is 30.9 Å². The highest BCUT2D eigenvalue weighted by molar-refractivity contribution is 7.99. The van der Waals surface area contributed by atoms with Gasteiger partial charge in [0.25, 0.3) is 5.79 Å². The zero-order valence-corrected chi connectivity index (χ0v) is 17.2. The third-order valence-electron chi connectivity index (χ3n) is 4.70. The maximum atomic E-state index is 12.1. The van der Waals surface area contributed by atoms with E-state index < -0.39 is 17.7 Å². The van der Waals surface area contributed by atoms with Crippen LogP contribution >= 0.6 is 23.4 Å². The van der Waals surface area contributed by atoms with Gasteiger partial charge in [0.05, 0.1) is 24.4 Å². The second kappa shape index (κ2) is 9.15. The normalized spacial score (nSPS) is 18.5. The van der Waals surface area contributed by atoms with Crippen LogP contribution in [0.4, 0.5) is 0 Å². The Morgan fingerprint density at radius 2 is 1.96 bits per heavy atom. The number of carbonyl (C=O) groups excluding carboxylic acids is 3. The summed E-state index contributed by atoms with van der Waals surface area (Å²) in [6.07, 6.45) is 1.81. The van der Waals surface area contributed by atoms with Crippen molar-refractivity contribution in [3.63, 3.8) is 0 Å². The lowest BCUT2D eigenvalue weighted by molar-refractivity contribution is -0.225. The molecule has 152 valence electrons. The molecule has 1 spiro atoms. The molecule has 2 aliphatic rings. The zero-order valence-electron chi connectivity index (χ0n) is 15.6. The van der Waals surface area contributed by atoms with Gasteiger partial charge in [0, 0.05) is 23.9 Å². The first-order valence-corrected chi connectivity index (χ1v) is 10.6. The molecule has 0 aliphatic carbocycles. The lowest BCUT2D eigenvalue weighted by Gasteiger charge is -2.32. The van der Waals surface area contributed by atoms with Crippen molar-refractivity contribution in [2.24, 2.45) is 0 Å². The Labute approximate surface area is 172 Å². The van der Waals surface area contributed by atoms with Crippen LogP contribution in [-0.4, -0.2) is 43.7 Å². The number of esters is 2. The molecule has 1 fully saturated rings. The van der Waals surface area contributed by atoms with Gasteiger partial charge in [0.15, 0.2) is 0 Å². The standard InChI is InChI=1S/C19H23ClN2O5S/c1-21-15(23)3-2-10-28-18-12-8-9-22-11-19(13(12)4-5-14(18)20)26-16(24)6-7-17(25)27-19/h4-5,22H,2-3,6-11H2,1H3,(H,21,23). The summed E-state index contributed by atoms with van der Waals surface area (Å²) in [5.74, 6) is -1.69. The molecule has 7 nitrogen and oxygen atoms in total. The van der Waals surface area contributed by atoms with E-state index in [-0.39, 0.29) is 25.3 Å². The predicted octanol–water partition coefficient (Wildman–Crippen LogP) is 2.14. The van der Waals surface area contributed by atoms with Gasteiger partial charge in [-0.3, -0.25) is 14.4 Å². The Morgan fingerprint density at radius 1 is 1.25 bits per heavy atom. The quantitative estimate of drug-likeness (QED) is 0.423. The molecule has 0 aromatic heterocycles. The largest absolute Gasteiger partial charge is 0.416 e. The second-order valence-corrected chi connectivity index (χ2v) is 8.17. The number of nitrogens with one attached hydrogen (secondary N) is 2. The van der Waals surface area contributed by atoms with Gasteiger partial charge < -0.3 is 20.1 Å². The van der Waals surface area contributed by atoms with Crippen LogP contribution in [0.5, 0.6) is 0 Å². The lowest BCUT2D eigenvalue weighted by Crippen LogP contribution is -2.43. The molecule has 3 rings (SSSR count). The topological polar surface area (TPSA) is 93.7 Å². The molecule has 1 amide bonds. The van der Waals surface area contributed by atoms with E-state index >= 15 is 0 Å². The number of benzene rings is 1. The summed E-state index contributed by atoms with van der Waals surface area (Å²) < 4.78 is 11.3. The van der Waals surface area contributed by atoms with Crippen LogP contribution in [0.1, 0.15) is 36.8 Å². The molecule has 1 aromatic carbocycles. The second-order valence-electron chi connectivity index (χ2n) is 6.66. The fourth-order valence-corrected chi connectivity index (χ4v) is 4.76. The molecule has 1 saturated heterocycles. The number of rotatable bonds is 5. The van der Waals surface area contributed by atoms with Crippen LogP contribution in [0.25, 0.3) is 0 Å². The SMILES string of the molecule is CNC(=O)CCCSc1c(Cl)ccc2c1CCNCC21OC(=O)CCC(=O)O1. The Balaban J connectivity index is 1.91. The smallest absolute Gasteiger partial charge is 0.309 e. The first-order chi connectivity index (χ1) is 13.4. The predicted molar refractivity (Wildman–Crippen MR) is 105 cm³/mol. The first kappa shape index (κ1) is 21.0. The molecule has 0 atom stereocenters. The van der Waals surface area contributed by atoms with Gasteiger partial charge in [-0.2, -0.15) is 0 Å². The van der Waals surface area contributed by atoms with Gasteiger partial charge in [-0.05, 0) is 42.8 Å². The highest BCUT2D eigenvalue weighted by atomic mass is 35.5. The van der Waals surface area contributed by atoms with Gasteiger partial charge >= 0.3 is 11.9 Å². The molecule has 0 saturated carbocycles. The van der Waals surface area contributed by atoms with Gasteiger partial charge in [-0.15, -0.1) is 11.8 Å². The minimum Gasteiger partial charge on any atom is -0.416 e. The van der Waals surface area contributed by atoms with Gasteiger partial charge in [0.2, 0.25) is 5.91 Å². The van der Waals surface area contributed by atoms with Crippen molar-refractivity contribution >= 4 is 41.2 Å². The number of hydrogen-bond acceptors (Lipinski definition) is 7. The number of halogens is 1. The molecule has 2 aliphatic heterocycles. The number of amides is 1. The van der Waals surface area contributed by atoms with E-state index in [0.29, 0.717) is 42.1 Å². The molecule has 9 heteroatoms. The molecule has 1 aromatic rings. The van der Waals surface area contributed by atoms with Crippen molar-refractivity contribution in [1.29, 1.82) is 0 Å². The summed E-state index contributed by atoms with van der Waals surface area (Å²) in [6, 6.07) is 3.51. The number of carbonyl (C=O) groups is 3. The van der Waals surface area contributed by atoms with E-state index in [1.165, 1.54) is 0 Å². The molecule has 0 radical (unpaired) electrons. The maximum Gasteiger partial charge on any atom is 0.309 e. The summed E-state index contributed by atoms with van der Waals surface area (Å²) >= 11 is 8.02. The minimum atomic E-state index is -1.47. The van der Waals surface area contributed by atoms with Crippen LogP contribution in [0.15, 0.2) is 17.0 Å². The summed E-state index contributed by atoms with van der Waals surface area (Å²) in [4.78, 5) is 36.5. The number of hydrogen-bond donors (Lipinski definition) is 2. The highest BCUT2D eigenvalue weighted by Gasteiger charge is 2.45. The van der Waals surface area contributed by atoms with Crippen LogP contribution in [-0.2, 0) is 36.1 Å². The molecular weight excluding hydrogens is 404 g/mol. The van der Waals surface area contributed by atoms with E-state index in [1.807, 2.05) is 0 Å². The molecule has 2 heterocycles. The molecule has 28 heavy (non-hydrogen) atoms. The van der Waals surface area contributed by atoms with Crippen LogP contribution in [0.2, 0.25) is 5.02 Å². The molecule has 2 N–H and O–H groups in total. The van der Waals surface area contributed by atoms with E-state index in [2.05, 4.69) is 10.6 Å². The van der Waals surface area contributed by atoms with Crippen LogP contribution < -0.4 is 10.6 Å². The zero-order chi connectivity index (χ0) is 20.1.